The average Bonchev–Trinajstić information content (AvgIpc) is 3.94. The van der Waals surface area contributed by atoms with E-state index in [1.54, 1.807) is 0 Å². The third kappa shape index (κ3) is 10.6. The summed E-state index contributed by atoms with van der Waals surface area (Å²) < 4.78 is 26.2. The Bertz CT molecular complexity index is 2360. The highest BCUT2D eigenvalue weighted by atomic mass is 16.5. The lowest BCUT2D eigenvalue weighted by atomic mass is 9.55. The molecule has 5 aliphatic rings. The number of carbonyl (C=O) groups is 7. The van der Waals surface area contributed by atoms with Crippen LogP contribution in [0.3, 0.4) is 0 Å². The van der Waals surface area contributed by atoms with E-state index in [0.717, 1.165) is 0 Å². The van der Waals surface area contributed by atoms with Gasteiger partial charge >= 0.3 is 35.8 Å². The Morgan fingerprint density at radius 1 is 0.704 bits per heavy atom. The van der Waals surface area contributed by atoms with Gasteiger partial charge in [0, 0.05) is 118 Å². The Hall–Kier alpha value is -5.72. The van der Waals surface area contributed by atoms with Gasteiger partial charge in [0.05, 0.1) is 66.6 Å². The number of aliphatic carboxylic acids is 1. The van der Waals surface area contributed by atoms with E-state index >= 15 is 0 Å². The summed E-state index contributed by atoms with van der Waals surface area (Å²) in [6.45, 7) is 15.1. The van der Waals surface area contributed by atoms with Crippen molar-refractivity contribution in [2.24, 2.45) is 60.3 Å². The number of methoxy groups -OCH3 is 5. The van der Waals surface area contributed by atoms with Crippen LogP contribution in [-0.2, 0) is 57.2 Å². The third-order valence-electron chi connectivity index (χ3n) is 16.8. The number of rotatable bonds is 20. The molecule has 4 N–H and O–H groups in total. The monoisotopic (exact) mass is 994 g/mol. The lowest BCUT2D eigenvalue weighted by Gasteiger charge is -2.48. The lowest BCUT2D eigenvalue weighted by molar-refractivity contribution is -0.147. The Morgan fingerprint density at radius 2 is 1.27 bits per heavy atom. The third-order valence-corrected chi connectivity index (χ3v) is 16.8. The van der Waals surface area contributed by atoms with E-state index in [0.29, 0.717) is 51.8 Å². The zero-order chi connectivity index (χ0) is 53.0. The second-order valence-corrected chi connectivity index (χ2v) is 21.1. The summed E-state index contributed by atoms with van der Waals surface area (Å²) in [6.07, 6.45) is 1.73. The molecule has 8 bridgehead atoms. The molecule has 0 radical (unpaired) electrons. The zero-order valence-electron chi connectivity index (χ0n) is 43.8. The summed E-state index contributed by atoms with van der Waals surface area (Å²) in [6, 6.07) is -0.916. The van der Waals surface area contributed by atoms with Crippen LogP contribution in [0.25, 0.3) is 0 Å². The molecular formula is C52H75N5O14. The molecule has 0 aliphatic carbocycles. The minimum absolute atomic E-state index is 0.0169. The van der Waals surface area contributed by atoms with Crippen molar-refractivity contribution in [1.82, 2.24) is 10.6 Å². The van der Waals surface area contributed by atoms with Crippen molar-refractivity contribution >= 4 is 58.9 Å². The van der Waals surface area contributed by atoms with Gasteiger partial charge < -0.3 is 44.5 Å². The van der Waals surface area contributed by atoms with Gasteiger partial charge in [-0.15, -0.1) is 0 Å². The Labute approximate surface area is 416 Å². The molecule has 0 aromatic rings. The number of allylic oxidation sites excluding steroid dienone is 6. The highest BCUT2D eigenvalue weighted by molar-refractivity contribution is 6.10. The van der Waals surface area contributed by atoms with Crippen LogP contribution in [0.15, 0.2) is 49.3 Å². The number of aliphatic hydroxyl groups excluding tert-OH is 1. The summed E-state index contributed by atoms with van der Waals surface area (Å²) in [5, 5.41) is 26.4. The smallest absolute Gasteiger partial charge is 0.306 e. The van der Waals surface area contributed by atoms with Crippen molar-refractivity contribution in [3.8, 4) is 0 Å². The number of aliphatic hydroxyl groups is 1. The van der Waals surface area contributed by atoms with Gasteiger partial charge in [0.2, 0.25) is 5.91 Å². The number of hydrogen-bond acceptors (Lipinski definition) is 17. The predicted molar refractivity (Wildman–Crippen MR) is 262 cm³/mol. The molecule has 1 unspecified atom stereocenters. The minimum atomic E-state index is -1.40. The van der Waals surface area contributed by atoms with Crippen LogP contribution in [-0.4, -0.2) is 129 Å². The molecule has 19 nitrogen and oxygen atoms in total. The van der Waals surface area contributed by atoms with E-state index in [1.807, 2.05) is 61.5 Å². The van der Waals surface area contributed by atoms with Crippen LogP contribution in [0.5, 0.6) is 0 Å². The van der Waals surface area contributed by atoms with Gasteiger partial charge in [0.1, 0.15) is 0 Å². The first-order valence-corrected chi connectivity index (χ1v) is 24.4. The fourth-order valence-corrected chi connectivity index (χ4v) is 12.5. The Kier molecular flexibility index (Phi) is 17.4. The number of fused-ring (bicyclic) bond motifs is 6. The molecule has 1 amide bonds. The van der Waals surface area contributed by atoms with Gasteiger partial charge in [0.15, 0.2) is 0 Å². The number of amides is 1. The van der Waals surface area contributed by atoms with Gasteiger partial charge in [-0.2, -0.15) is 0 Å². The molecule has 0 aromatic heterocycles. The Morgan fingerprint density at radius 3 is 1.83 bits per heavy atom. The van der Waals surface area contributed by atoms with Crippen molar-refractivity contribution in [2.45, 2.75) is 138 Å². The van der Waals surface area contributed by atoms with Gasteiger partial charge in [0.25, 0.3) is 0 Å². The quantitative estimate of drug-likeness (QED) is 0.0881. The minimum Gasteiger partial charge on any atom is -0.481 e. The summed E-state index contributed by atoms with van der Waals surface area (Å²) in [4.78, 5) is 110. The molecule has 1 fully saturated rings. The topological polar surface area (TPSA) is 267 Å². The molecular weight excluding hydrogens is 919 g/mol. The maximum atomic E-state index is 14.0. The first-order valence-electron chi connectivity index (χ1n) is 24.4. The van der Waals surface area contributed by atoms with Crippen LogP contribution >= 0.6 is 0 Å². The zero-order valence-corrected chi connectivity index (χ0v) is 43.8. The van der Waals surface area contributed by atoms with E-state index in [9.17, 15) is 43.8 Å². The lowest BCUT2D eigenvalue weighted by Crippen LogP contribution is -2.55. The number of carboxylic acids is 1. The molecule has 71 heavy (non-hydrogen) atoms. The molecule has 392 valence electrons. The molecule has 0 saturated carbocycles. The number of carboxylic acid groups (broad SMARTS) is 1. The van der Waals surface area contributed by atoms with E-state index in [2.05, 4.69) is 10.6 Å². The van der Waals surface area contributed by atoms with Crippen LogP contribution in [0.2, 0.25) is 0 Å². The second kappa shape index (κ2) is 22.0. The van der Waals surface area contributed by atoms with Gasteiger partial charge in [-0.05, 0) is 63.7 Å². The van der Waals surface area contributed by atoms with E-state index < -0.39 is 98.6 Å². The van der Waals surface area contributed by atoms with Crippen molar-refractivity contribution in [3.05, 3.63) is 34.3 Å². The predicted octanol–water partition coefficient (Wildman–Crippen LogP) is 5.39. The number of esters is 5. The highest BCUT2D eigenvalue weighted by Crippen LogP contribution is 2.62. The molecule has 1 saturated heterocycles. The standard InChI is InChI=1S/C52H75N5O14/c1-28-43-31(15-18-38(62)67-9)48(3,4)35(55-43)25-34-30(14-17-37(60)61)50(6,26-36(59)53-22-23-58)46(54-34)29(2)44-32(16-19-39(63)68-10)51(7,27-42(66)71-13)52(8,57-44)47-33(24-41(65)70-12)49(5,45(28)56-47)21-20-40(64)69-11/h25,30-33,47,54,58H,14-24,26-27H2,1-13H3,(H,53,59)(H,60,61)/b34-25-,43-28-,46-29-/t30-,31-,32-,33+,47?,49-,50+,51+,52+/m1/s1. The first kappa shape index (κ1) is 56.2. The van der Waals surface area contributed by atoms with Gasteiger partial charge in [-0.1, -0.05) is 34.6 Å². The van der Waals surface area contributed by atoms with Crippen LogP contribution in [0.1, 0.15) is 126 Å². The summed E-state index contributed by atoms with van der Waals surface area (Å²) >= 11 is 0. The molecule has 5 heterocycles. The maximum Gasteiger partial charge on any atom is 0.306 e. The van der Waals surface area contributed by atoms with E-state index in [-0.39, 0.29) is 77.4 Å². The molecule has 0 aromatic carbocycles. The highest BCUT2D eigenvalue weighted by Gasteiger charge is 2.66. The van der Waals surface area contributed by atoms with Crippen LogP contribution in [0, 0.1) is 45.3 Å². The average molecular weight is 994 g/mol. The Balaban J connectivity index is 2.04. The SMILES string of the molecule is COC(=O)CC[C@@H]1/C2=C(\C)C3=NC([C@H](CC(=O)OC)[C@@]3(C)CCC(=O)OC)[C@]3(C)N=C(/C(C)=C4\N/C(=C\C(=N2)C1(C)C)[C@@H](CCC(=O)O)[C@]4(C)CC(=O)NCCO)[C@@H](CCC(=O)OC)[C@]3(C)CC(=O)OC. The maximum absolute atomic E-state index is 14.0. The normalized spacial score (nSPS) is 33.2. The summed E-state index contributed by atoms with van der Waals surface area (Å²) in [7, 11) is 6.50. The largest absolute Gasteiger partial charge is 0.481 e. The van der Waals surface area contributed by atoms with Gasteiger partial charge in [-0.3, -0.25) is 48.5 Å². The van der Waals surface area contributed by atoms with Crippen molar-refractivity contribution in [3.63, 3.8) is 0 Å². The number of ether oxygens (including phenoxy) is 5. The van der Waals surface area contributed by atoms with Crippen molar-refractivity contribution in [2.75, 3.05) is 48.7 Å². The number of hydrogen-bond donors (Lipinski definition) is 4. The van der Waals surface area contributed by atoms with Crippen LogP contribution in [0.4, 0.5) is 0 Å². The first-order chi connectivity index (χ1) is 33.3. The van der Waals surface area contributed by atoms with E-state index in [4.69, 9.17) is 38.7 Å². The second-order valence-electron chi connectivity index (χ2n) is 21.1. The molecule has 5 aliphatic heterocycles. The summed E-state index contributed by atoms with van der Waals surface area (Å²) in [5.74, 6) is -6.46. The molecule has 19 heteroatoms. The van der Waals surface area contributed by atoms with E-state index in [1.165, 1.54) is 35.5 Å². The van der Waals surface area contributed by atoms with Crippen LogP contribution < -0.4 is 10.6 Å². The van der Waals surface area contributed by atoms with Crippen molar-refractivity contribution in [1.29, 1.82) is 0 Å². The van der Waals surface area contributed by atoms with Gasteiger partial charge in [-0.25, -0.2) is 0 Å². The molecule has 9 atom stereocenters. The molecule has 0 spiro atoms. The number of nitrogens with one attached hydrogen (secondary N) is 2. The number of carbonyl (C=O) groups excluding carboxylic acids is 6. The number of aliphatic imine (C=N–C) groups is 3. The summed E-state index contributed by atoms with van der Waals surface area (Å²) in [5.41, 5.74) is -1.04. The fourth-order valence-electron chi connectivity index (χ4n) is 12.5. The molecule has 5 rings (SSSR count). The van der Waals surface area contributed by atoms with Crippen molar-refractivity contribution < 1.29 is 67.5 Å². The number of nitrogens with zero attached hydrogens (tertiary/aromatic N) is 3. The fraction of sp³-hybridized carbons (Fsp3) is 0.692.